The first-order valence-corrected chi connectivity index (χ1v) is 37.8. The molecule has 2 aliphatic heterocycles. The third-order valence-electron chi connectivity index (χ3n) is 18.9. The van der Waals surface area contributed by atoms with Crippen molar-refractivity contribution in [2.24, 2.45) is 10.2 Å². The Labute approximate surface area is 648 Å². The molecule has 1 aliphatic carbocycles. The van der Waals surface area contributed by atoms with E-state index in [0.717, 1.165) is 38.0 Å². The zero-order valence-electron chi connectivity index (χ0n) is 61.5. The van der Waals surface area contributed by atoms with Crippen molar-refractivity contribution in [3.8, 4) is 11.1 Å². The van der Waals surface area contributed by atoms with Crippen LogP contribution in [0.4, 0.5) is 33.2 Å². The molecule has 2 fully saturated rings. The highest BCUT2D eigenvalue weighted by Gasteiger charge is 2.46. The number of nitrogens with one attached hydrogen (secondary N) is 10. The number of anilines is 3. The Morgan fingerprint density at radius 2 is 1.22 bits per heavy atom. The van der Waals surface area contributed by atoms with Crippen LogP contribution in [0.5, 0.6) is 0 Å². The normalized spacial score (nSPS) is 15.3. The molecule has 7 aromatic rings. The van der Waals surface area contributed by atoms with Gasteiger partial charge in [0.25, 0.3) is 27.8 Å². The van der Waals surface area contributed by atoms with Crippen LogP contribution < -0.4 is 58.1 Å². The number of fused-ring (bicyclic) bond motifs is 5. The summed E-state index contributed by atoms with van der Waals surface area (Å²) in [6, 6.07) is 36.2. The van der Waals surface area contributed by atoms with Crippen molar-refractivity contribution in [3.05, 3.63) is 180 Å². The molecule has 2 saturated heterocycles. The van der Waals surface area contributed by atoms with E-state index in [1.807, 2.05) is 91.8 Å². The smallest absolute Gasteiger partial charge is 0.407 e. The van der Waals surface area contributed by atoms with Gasteiger partial charge in [-0.25, -0.2) is 14.6 Å². The summed E-state index contributed by atoms with van der Waals surface area (Å²) in [6.07, 6.45) is -2.43. The molecule has 0 bridgehead atoms. The second-order valence-electron chi connectivity index (χ2n) is 27.0. The number of nitrogens with zero attached hydrogens (tertiary/aromatic N) is 5. The number of carboxylic acids is 2. The molecular formula is C78H85N15O19S. The number of amides is 11. The standard InChI is InChI=1S/C78H85N15O19S/c1-91(2)51-32-30-50(31-33-51)90-89-49-28-24-46(25-29-49)71(100)81-38-8-7-18-62(77(106)107)85-68(96)44-83-74(103)63(42-70(98)99)87-75(104)64-20-11-41-92-69(97)37-35-61(76(105)93(64)92)86-72(101)47-22-26-48(27-23-47)84-67(95)43-82-73(102)60(88-78(108)112-45-58-54-14-5-3-12-52(54)53-13-4-6-15-55(53)58)34-36-66(94)80-40-39-79-59-19-9-17-57-56(59)16-10-21-65(57)113(109,110)111/h3-6,9-10,12-17,19,21-33,58,60-64,79H,7-8,11,18,20,34-45H2,1-2H3,(H,80,94)(H,81,100)(H,82,102)(H,83,103)(H,84,95)(H,85,96)(H,86,101)(H,87,104)(H,88,108)(H,98,99)(H,106,107)(H,109,110,111)/b90-89+/t60-,61-,62-,63-,64-/m0/s1. The van der Waals surface area contributed by atoms with Crippen molar-refractivity contribution in [2.45, 2.75) is 105 Å². The van der Waals surface area contributed by atoms with Gasteiger partial charge >= 0.3 is 18.0 Å². The summed E-state index contributed by atoms with van der Waals surface area (Å²) in [4.78, 5) is 175. The van der Waals surface area contributed by atoms with Crippen molar-refractivity contribution in [3.63, 3.8) is 0 Å². The molecule has 13 N–H and O–H groups in total. The third-order valence-corrected chi connectivity index (χ3v) is 19.8. The Bertz CT molecular complexity index is 4850. The van der Waals surface area contributed by atoms with Crippen molar-refractivity contribution in [1.29, 1.82) is 0 Å². The van der Waals surface area contributed by atoms with Gasteiger partial charge in [0.1, 0.15) is 41.7 Å². The van der Waals surface area contributed by atoms with Crippen LogP contribution in [0.15, 0.2) is 173 Å². The molecule has 0 unspecified atom stereocenters. The van der Waals surface area contributed by atoms with Gasteiger partial charge in [-0.05, 0) is 152 Å². The number of aliphatic carboxylic acids is 2. The van der Waals surface area contributed by atoms with Crippen LogP contribution in [0.25, 0.3) is 21.9 Å². The molecule has 592 valence electrons. The molecule has 11 amide bonds. The van der Waals surface area contributed by atoms with E-state index in [1.165, 1.54) is 36.4 Å². The summed E-state index contributed by atoms with van der Waals surface area (Å²) < 4.78 is 39.5. The van der Waals surface area contributed by atoms with Gasteiger partial charge in [0.15, 0.2) is 0 Å². The van der Waals surface area contributed by atoms with Gasteiger partial charge < -0.3 is 73.0 Å². The fourth-order valence-electron chi connectivity index (χ4n) is 13.2. The minimum absolute atomic E-state index is 0.0187. The fraction of sp³-hybridized carbons (Fsp3) is 0.321. The summed E-state index contributed by atoms with van der Waals surface area (Å²) >= 11 is 0. The van der Waals surface area contributed by atoms with Crippen LogP contribution in [0, 0.1) is 0 Å². The van der Waals surface area contributed by atoms with E-state index in [-0.39, 0.29) is 118 Å². The van der Waals surface area contributed by atoms with E-state index in [4.69, 9.17) is 4.74 Å². The number of ether oxygens (including phenoxy) is 1. The number of azo groups is 1. The number of carbonyl (C=O) groups excluding carboxylic acids is 11. The van der Waals surface area contributed by atoms with Crippen LogP contribution in [0.2, 0.25) is 0 Å². The minimum Gasteiger partial charge on any atom is -0.481 e. The second-order valence-corrected chi connectivity index (χ2v) is 28.4. The van der Waals surface area contributed by atoms with Gasteiger partial charge in [-0.3, -0.25) is 62.3 Å². The number of hydrogen-bond donors (Lipinski definition) is 13. The first-order valence-electron chi connectivity index (χ1n) is 36.3. The highest BCUT2D eigenvalue weighted by atomic mass is 32.2. The summed E-state index contributed by atoms with van der Waals surface area (Å²) in [5, 5.41) is 56.5. The van der Waals surface area contributed by atoms with Crippen LogP contribution in [-0.4, -0.2) is 200 Å². The average molecular weight is 1570 g/mol. The number of hydrogen-bond acceptors (Lipinski definition) is 20. The Hall–Kier alpha value is -13.2. The molecule has 0 saturated carbocycles. The lowest BCUT2D eigenvalue weighted by Crippen LogP contribution is -2.65. The van der Waals surface area contributed by atoms with Crippen LogP contribution in [0.3, 0.4) is 0 Å². The van der Waals surface area contributed by atoms with Crippen molar-refractivity contribution >= 4 is 126 Å². The van der Waals surface area contributed by atoms with E-state index >= 15 is 0 Å². The second kappa shape index (κ2) is 38.5. The van der Waals surface area contributed by atoms with Crippen LogP contribution in [-0.2, 0) is 62.8 Å². The zero-order chi connectivity index (χ0) is 80.9. The summed E-state index contributed by atoms with van der Waals surface area (Å²) in [6.45, 7) is -1.20. The van der Waals surface area contributed by atoms with Gasteiger partial charge in [0, 0.05) is 98.0 Å². The topological polar surface area (TPSA) is 481 Å². The molecule has 34 nitrogen and oxygen atoms in total. The predicted octanol–water partition coefficient (Wildman–Crippen LogP) is 5.41. The average Bonchev–Trinajstić information content (AvgIpc) is 1.61. The molecule has 113 heavy (non-hydrogen) atoms. The third kappa shape index (κ3) is 22.3. The largest absolute Gasteiger partial charge is 0.481 e. The van der Waals surface area contributed by atoms with Gasteiger partial charge in [-0.15, -0.1) is 0 Å². The first-order chi connectivity index (χ1) is 54.2. The lowest BCUT2D eigenvalue weighted by Gasteiger charge is -2.43. The Morgan fingerprint density at radius 3 is 1.88 bits per heavy atom. The Kier molecular flexibility index (Phi) is 28.0. The molecule has 10 rings (SSSR count). The molecule has 35 heteroatoms. The van der Waals surface area contributed by atoms with Gasteiger partial charge in [-0.1, -0.05) is 72.8 Å². The lowest BCUT2D eigenvalue weighted by atomic mass is 9.98. The molecule has 0 radical (unpaired) electrons. The Morgan fingerprint density at radius 1 is 0.602 bits per heavy atom. The van der Waals surface area contributed by atoms with E-state index < -0.39 is 131 Å². The number of carboxylic acid groups (broad SMARTS) is 2. The number of hydrazine groups is 1. The number of rotatable bonds is 35. The monoisotopic (exact) mass is 1570 g/mol. The van der Waals surface area contributed by atoms with Crippen molar-refractivity contribution in [2.75, 3.05) is 75.5 Å². The SMILES string of the molecule is CN(C)c1ccc(/N=N/c2ccc(C(=O)NCCCC[C@H](NC(=O)CNC(=O)[C@H](CC(=O)O)NC(=O)[C@@H]3CCCN4C(=O)CC[C@H](NC(=O)c5ccc(NC(=O)CNC(=O)[C@H](CCC(=O)NCCNc6cccc7c(S(=O)(=O)O)cccc67)NC(=O)OCC6c7ccccc7-c7ccccc76)cc5)C(=O)N34)C(=O)O)cc2)cc1. The Balaban J connectivity index is 0.679. The highest BCUT2D eigenvalue weighted by Crippen LogP contribution is 2.44. The summed E-state index contributed by atoms with van der Waals surface area (Å²) in [7, 11) is -0.675. The molecule has 5 atom stereocenters. The van der Waals surface area contributed by atoms with Gasteiger partial charge in [0.05, 0.1) is 30.9 Å². The fourth-order valence-corrected chi connectivity index (χ4v) is 13.9. The number of benzene rings is 7. The maximum Gasteiger partial charge on any atom is 0.407 e. The summed E-state index contributed by atoms with van der Waals surface area (Å²) in [5.41, 5.74) is 7.01. The van der Waals surface area contributed by atoms with Crippen molar-refractivity contribution < 1.29 is 90.2 Å². The van der Waals surface area contributed by atoms with Gasteiger partial charge in [-0.2, -0.15) is 18.6 Å². The van der Waals surface area contributed by atoms with Gasteiger partial charge in [0.2, 0.25) is 41.4 Å². The van der Waals surface area contributed by atoms with E-state index in [2.05, 4.69) is 63.4 Å². The molecular weight excluding hydrogens is 1480 g/mol. The lowest BCUT2D eigenvalue weighted by molar-refractivity contribution is -0.176. The quantitative estimate of drug-likeness (QED) is 0.0134. The maximum absolute atomic E-state index is 14.4. The van der Waals surface area contributed by atoms with Crippen molar-refractivity contribution in [1.82, 2.24) is 52.6 Å². The minimum atomic E-state index is -4.52. The number of carbonyl (C=O) groups is 13. The summed E-state index contributed by atoms with van der Waals surface area (Å²) in [5.74, 6) is -11.3. The molecule has 7 aromatic carbocycles. The highest BCUT2D eigenvalue weighted by molar-refractivity contribution is 7.86. The van der Waals surface area contributed by atoms with E-state index in [1.54, 1.807) is 48.5 Å². The molecule has 3 aliphatic rings. The predicted molar refractivity (Wildman–Crippen MR) is 411 cm³/mol. The molecule has 2 heterocycles. The van der Waals surface area contributed by atoms with E-state index in [0.29, 0.717) is 34.4 Å². The first kappa shape index (κ1) is 82.3. The van der Waals surface area contributed by atoms with Crippen LogP contribution >= 0.6 is 0 Å². The molecule has 0 spiro atoms. The number of unbranched alkanes of at least 4 members (excludes halogenated alkanes) is 1. The maximum atomic E-state index is 14.4. The number of alkyl carbamates (subject to hydrolysis) is 1. The zero-order valence-corrected chi connectivity index (χ0v) is 62.3. The van der Waals surface area contributed by atoms with Crippen LogP contribution in [0.1, 0.15) is 102 Å². The van der Waals surface area contributed by atoms with E-state index in [9.17, 15) is 85.5 Å². The molecule has 0 aromatic heterocycles.